The SMILES string of the molecule is NC(=O)c1cc(-c2ccccc2Cl)nc2c1Cc1cc(C(=O)N3CCOCC3)ccc1-2. The van der Waals surface area contributed by atoms with E-state index in [0.29, 0.717) is 60.3 Å². The lowest BCUT2D eigenvalue weighted by Crippen LogP contribution is -2.40. The molecule has 1 aliphatic heterocycles. The van der Waals surface area contributed by atoms with Crippen molar-refractivity contribution < 1.29 is 14.3 Å². The average Bonchev–Trinajstić information content (AvgIpc) is 3.16. The molecule has 2 aliphatic rings. The van der Waals surface area contributed by atoms with Gasteiger partial charge in [-0.1, -0.05) is 35.9 Å². The summed E-state index contributed by atoms with van der Waals surface area (Å²) in [5.41, 5.74) is 11.5. The molecule has 0 radical (unpaired) electrons. The minimum Gasteiger partial charge on any atom is -0.378 e. The molecule has 0 unspecified atom stereocenters. The Hall–Kier alpha value is -3.22. The number of benzene rings is 2. The van der Waals surface area contributed by atoms with Crippen molar-refractivity contribution in [1.82, 2.24) is 9.88 Å². The third kappa shape index (κ3) is 3.48. The van der Waals surface area contributed by atoms with E-state index in [2.05, 4.69) is 0 Å². The van der Waals surface area contributed by atoms with E-state index in [1.165, 1.54) is 0 Å². The summed E-state index contributed by atoms with van der Waals surface area (Å²) in [6.07, 6.45) is 0.503. The van der Waals surface area contributed by atoms with Crippen molar-refractivity contribution in [3.8, 4) is 22.5 Å². The van der Waals surface area contributed by atoms with Gasteiger partial charge in [-0.25, -0.2) is 4.98 Å². The van der Waals surface area contributed by atoms with Crippen molar-refractivity contribution in [3.63, 3.8) is 0 Å². The van der Waals surface area contributed by atoms with Gasteiger partial charge in [-0.3, -0.25) is 9.59 Å². The molecule has 3 aromatic rings. The largest absolute Gasteiger partial charge is 0.378 e. The Kier molecular flexibility index (Phi) is 4.96. The first-order valence-corrected chi connectivity index (χ1v) is 10.5. The zero-order chi connectivity index (χ0) is 21.5. The molecule has 7 heteroatoms. The molecule has 1 fully saturated rings. The average molecular weight is 434 g/mol. The second kappa shape index (κ2) is 7.80. The lowest BCUT2D eigenvalue weighted by atomic mass is 10.0. The molecule has 0 spiro atoms. The maximum atomic E-state index is 12.9. The lowest BCUT2D eigenvalue weighted by molar-refractivity contribution is 0.0303. The maximum absolute atomic E-state index is 12.9. The van der Waals surface area contributed by atoms with Crippen LogP contribution in [0.3, 0.4) is 0 Å². The van der Waals surface area contributed by atoms with E-state index in [9.17, 15) is 9.59 Å². The Morgan fingerprint density at radius 2 is 1.81 bits per heavy atom. The standard InChI is InChI=1S/C24H20ClN3O3/c25-20-4-2-1-3-17(20)21-13-19(23(26)29)18-12-15-11-14(5-6-16(15)22(18)27-21)24(30)28-7-9-31-10-8-28/h1-6,11,13H,7-10,12H2,(H2,26,29). The fourth-order valence-corrected chi connectivity index (χ4v) is 4.48. The molecule has 2 heterocycles. The van der Waals surface area contributed by atoms with E-state index < -0.39 is 5.91 Å². The summed E-state index contributed by atoms with van der Waals surface area (Å²) in [5.74, 6) is -0.522. The first kappa shape index (κ1) is 19.7. The third-order valence-electron chi connectivity index (χ3n) is 5.81. The molecule has 2 N–H and O–H groups in total. The highest BCUT2D eigenvalue weighted by Crippen LogP contribution is 2.40. The predicted octanol–water partition coefficient (Wildman–Crippen LogP) is 3.54. The zero-order valence-corrected chi connectivity index (χ0v) is 17.5. The molecule has 156 valence electrons. The number of nitrogens with two attached hydrogens (primary N) is 1. The van der Waals surface area contributed by atoms with Crippen LogP contribution in [0.4, 0.5) is 0 Å². The molecule has 0 bridgehead atoms. The number of carbonyl (C=O) groups excluding carboxylic acids is 2. The van der Waals surface area contributed by atoms with Crippen LogP contribution >= 0.6 is 11.6 Å². The van der Waals surface area contributed by atoms with Crippen LogP contribution < -0.4 is 5.73 Å². The number of hydrogen-bond donors (Lipinski definition) is 1. The molecular formula is C24H20ClN3O3. The highest BCUT2D eigenvalue weighted by atomic mass is 35.5. The molecule has 2 amide bonds. The summed E-state index contributed by atoms with van der Waals surface area (Å²) in [5, 5.41) is 0.551. The molecular weight excluding hydrogens is 414 g/mol. The minimum absolute atomic E-state index is 0.0121. The van der Waals surface area contributed by atoms with E-state index in [-0.39, 0.29) is 5.91 Å². The van der Waals surface area contributed by atoms with Crippen molar-refractivity contribution in [1.29, 1.82) is 0 Å². The monoisotopic (exact) mass is 433 g/mol. The molecule has 2 aromatic carbocycles. The zero-order valence-electron chi connectivity index (χ0n) is 16.7. The van der Waals surface area contributed by atoms with Gasteiger partial charge in [0.05, 0.1) is 24.6 Å². The summed E-state index contributed by atoms with van der Waals surface area (Å²) < 4.78 is 5.34. The van der Waals surface area contributed by atoms with Crippen LogP contribution in [0.5, 0.6) is 0 Å². The van der Waals surface area contributed by atoms with Crippen LogP contribution in [0.15, 0.2) is 48.5 Å². The topological polar surface area (TPSA) is 85.5 Å². The number of hydrogen-bond acceptors (Lipinski definition) is 4. The van der Waals surface area contributed by atoms with Gasteiger partial charge in [0, 0.05) is 46.8 Å². The van der Waals surface area contributed by atoms with Crippen LogP contribution in [-0.4, -0.2) is 48.0 Å². The van der Waals surface area contributed by atoms with Crippen LogP contribution in [0.2, 0.25) is 5.02 Å². The molecule has 0 saturated carbocycles. The molecule has 1 saturated heterocycles. The fraction of sp³-hybridized carbons (Fsp3) is 0.208. The van der Waals surface area contributed by atoms with Crippen LogP contribution in [0.1, 0.15) is 31.8 Å². The second-order valence-electron chi connectivity index (χ2n) is 7.68. The Morgan fingerprint density at radius 3 is 2.55 bits per heavy atom. The predicted molar refractivity (Wildman–Crippen MR) is 118 cm³/mol. The Labute approximate surface area is 184 Å². The van der Waals surface area contributed by atoms with Crippen LogP contribution in [0.25, 0.3) is 22.5 Å². The Morgan fingerprint density at radius 1 is 1.03 bits per heavy atom. The lowest BCUT2D eigenvalue weighted by Gasteiger charge is -2.27. The van der Waals surface area contributed by atoms with Gasteiger partial charge in [0.1, 0.15) is 0 Å². The number of amides is 2. The molecule has 0 atom stereocenters. The van der Waals surface area contributed by atoms with Gasteiger partial charge in [0.25, 0.3) is 5.91 Å². The van der Waals surface area contributed by atoms with Crippen molar-refractivity contribution in [3.05, 3.63) is 75.8 Å². The smallest absolute Gasteiger partial charge is 0.254 e. The highest BCUT2D eigenvalue weighted by molar-refractivity contribution is 6.33. The number of halogens is 1. The first-order valence-electron chi connectivity index (χ1n) is 10.1. The summed E-state index contributed by atoms with van der Waals surface area (Å²) in [4.78, 5) is 31.8. The molecule has 1 aliphatic carbocycles. The van der Waals surface area contributed by atoms with E-state index in [0.717, 1.165) is 22.3 Å². The number of pyridine rings is 1. The van der Waals surface area contributed by atoms with Gasteiger partial charge in [-0.2, -0.15) is 0 Å². The molecule has 1 aromatic heterocycles. The number of fused-ring (bicyclic) bond motifs is 3. The summed E-state index contributed by atoms with van der Waals surface area (Å²) in [7, 11) is 0. The quantitative estimate of drug-likeness (QED) is 0.535. The Bertz CT molecular complexity index is 1220. The fourth-order valence-electron chi connectivity index (χ4n) is 4.24. The summed E-state index contributed by atoms with van der Waals surface area (Å²) in [6.45, 7) is 2.28. The minimum atomic E-state index is -0.510. The van der Waals surface area contributed by atoms with E-state index in [1.54, 1.807) is 17.0 Å². The molecule has 6 nitrogen and oxygen atoms in total. The van der Waals surface area contributed by atoms with Gasteiger partial charge >= 0.3 is 0 Å². The second-order valence-corrected chi connectivity index (χ2v) is 8.09. The van der Waals surface area contributed by atoms with Crippen molar-refractivity contribution >= 4 is 23.4 Å². The number of rotatable bonds is 3. The van der Waals surface area contributed by atoms with Crippen LogP contribution in [0, 0.1) is 0 Å². The normalized spacial score (nSPS) is 14.8. The van der Waals surface area contributed by atoms with Gasteiger partial charge in [0.2, 0.25) is 5.91 Å². The number of primary amides is 1. The number of aromatic nitrogens is 1. The van der Waals surface area contributed by atoms with Crippen LogP contribution in [-0.2, 0) is 11.2 Å². The highest BCUT2D eigenvalue weighted by Gasteiger charge is 2.28. The van der Waals surface area contributed by atoms with E-state index in [1.807, 2.05) is 36.4 Å². The molecule has 31 heavy (non-hydrogen) atoms. The number of ether oxygens (including phenoxy) is 1. The van der Waals surface area contributed by atoms with E-state index in [4.69, 9.17) is 27.1 Å². The first-order chi connectivity index (χ1) is 15.0. The van der Waals surface area contributed by atoms with Gasteiger partial charge in [-0.05, 0) is 35.4 Å². The maximum Gasteiger partial charge on any atom is 0.254 e. The van der Waals surface area contributed by atoms with Crippen molar-refractivity contribution in [2.45, 2.75) is 6.42 Å². The van der Waals surface area contributed by atoms with Gasteiger partial charge < -0.3 is 15.4 Å². The van der Waals surface area contributed by atoms with Crippen molar-refractivity contribution in [2.24, 2.45) is 5.73 Å². The van der Waals surface area contributed by atoms with Gasteiger partial charge in [-0.15, -0.1) is 0 Å². The number of nitrogens with zero attached hydrogens (tertiary/aromatic N) is 2. The third-order valence-corrected chi connectivity index (χ3v) is 6.14. The number of morpholine rings is 1. The summed E-state index contributed by atoms with van der Waals surface area (Å²) >= 11 is 6.36. The molecule has 5 rings (SSSR count). The van der Waals surface area contributed by atoms with Gasteiger partial charge in [0.15, 0.2) is 0 Å². The van der Waals surface area contributed by atoms with E-state index >= 15 is 0 Å². The summed E-state index contributed by atoms with van der Waals surface area (Å²) in [6, 6.07) is 14.7. The van der Waals surface area contributed by atoms with Crippen molar-refractivity contribution in [2.75, 3.05) is 26.3 Å². The Balaban J connectivity index is 1.58. The number of carbonyl (C=O) groups is 2.